The maximum absolute atomic E-state index is 11.2. The van der Waals surface area contributed by atoms with Crippen LogP contribution in [0.1, 0.15) is 18.9 Å². The Bertz CT molecular complexity index is 375. The van der Waals surface area contributed by atoms with Gasteiger partial charge in [0.05, 0.1) is 18.6 Å². The van der Waals surface area contributed by atoms with Crippen LogP contribution in [0, 0.1) is 0 Å². The molecule has 0 N–H and O–H groups in total. The third-order valence-electron chi connectivity index (χ3n) is 1.87. The highest BCUT2D eigenvalue weighted by atomic mass is 16.5. The lowest BCUT2D eigenvalue weighted by Crippen LogP contribution is -2.05. The molecule has 0 heterocycles. The van der Waals surface area contributed by atoms with Crippen LogP contribution in [-0.2, 0) is 14.3 Å². The smallest absolute Gasteiger partial charge is 0.311 e. The van der Waals surface area contributed by atoms with Crippen molar-refractivity contribution >= 4 is 17.5 Å². The van der Waals surface area contributed by atoms with Crippen molar-refractivity contribution in [3.63, 3.8) is 0 Å². The topological polar surface area (TPSA) is 43.4 Å². The second kappa shape index (κ2) is 5.78. The van der Waals surface area contributed by atoms with Crippen molar-refractivity contribution < 1.29 is 14.3 Å². The zero-order valence-electron chi connectivity index (χ0n) is 8.53. The molecule has 0 radical (unpaired) electrons. The van der Waals surface area contributed by atoms with E-state index in [1.165, 1.54) is 0 Å². The van der Waals surface area contributed by atoms with Crippen LogP contribution in [0.5, 0.6) is 0 Å². The van der Waals surface area contributed by atoms with E-state index in [9.17, 15) is 9.59 Å². The van der Waals surface area contributed by atoms with Crippen molar-refractivity contribution in [1.29, 1.82) is 0 Å². The van der Waals surface area contributed by atoms with Gasteiger partial charge in [0.25, 0.3) is 0 Å². The van der Waals surface area contributed by atoms with Crippen molar-refractivity contribution in [2.75, 3.05) is 6.61 Å². The van der Waals surface area contributed by atoms with Gasteiger partial charge >= 0.3 is 5.97 Å². The quantitative estimate of drug-likeness (QED) is 0.555. The summed E-state index contributed by atoms with van der Waals surface area (Å²) in [5.74, 6) is 1.37. The second-order valence-corrected chi connectivity index (χ2v) is 2.93. The fraction of sp³-hybridized carbons (Fsp3) is 0.250. The van der Waals surface area contributed by atoms with Crippen LogP contribution < -0.4 is 0 Å². The van der Waals surface area contributed by atoms with E-state index < -0.39 is 5.97 Å². The average Bonchev–Trinajstić information content (AvgIpc) is 2.27. The number of carbonyl (C=O) groups is 1. The second-order valence-electron chi connectivity index (χ2n) is 2.93. The average molecular weight is 204 g/mol. The Morgan fingerprint density at radius 2 is 2.00 bits per heavy atom. The van der Waals surface area contributed by atoms with Crippen LogP contribution in [0.15, 0.2) is 30.3 Å². The molecule has 0 aromatic heterocycles. The molecule has 15 heavy (non-hydrogen) atoms. The van der Waals surface area contributed by atoms with Crippen LogP contribution in [0.4, 0.5) is 0 Å². The van der Waals surface area contributed by atoms with E-state index in [0.717, 1.165) is 0 Å². The van der Waals surface area contributed by atoms with Crippen LogP contribution in [0.3, 0.4) is 0 Å². The third kappa shape index (κ3) is 3.41. The Labute approximate surface area is 88.4 Å². The highest BCUT2D eigenvalue weighted by molar-refractivity contribution is 5.96. The number of carbonyl (C=O) groups excluding carboxylic acids is 2. The normalized spacial score (nSPS) is 9.13. The van der Waals surface area contributed by atoms with E-state index >= 15 is 0 Å². The van der Waals surface area contributed by atoms with Crippen LogP contribution >= 0.6 is 0 Å². The molecule has 0 aliphatic heterocycles. The molecule has 0 bridgehead atoms. The molecule has 3 nitrogen and oxygen atoms in total. The van der Waals surface area contributed by atoms with Gasteiger partial charge in [0, 0.05) is 0 Å². The Morgan fingerprint density at radius 1 is 1.33 bits per heavy atom. The van der Waals surface area contributed by atoms with Crippen LogP contribution in [0.2, 0.25) is 0 Å². The first-order chi connectivity index (χ1) is 7.27. The first kappa shape index (κ1) is 11.2. The van der Waals surface area contributed by atoms with E-state index in [0.29, 0.717) is 17.7 Å². The maximum Gasteiger partial charge on any atom is 0.311 e. The maximum atomic E-state index is 11.2. The summed E-state index contributed by atoms with van der Waals surface area (Å²) in [6.45, 7) is 2.05. The molecule has 0 atom stereocenters. The summed E-state index contributed by atoms with van der Waals surface area (Å²) in [6, 6.07) is 8.98. The zero-order chi connectivity index (χ0) is 11.1. The number of rotatable bonds is 4. The SMILES string of the molecule is CCOC(=O)CC(=C=O)c1ccccc1. The molecule has 78 valence electrons. The van der Waals surface area contributed by atoms with Gasteiger partial charge in [-0.05, 0) is 12.5 Å². The molecule has 0 spiro atoms. The summed E-state index contributed by atoms with van der Waals surface area (Å²) < 4.78 is 4.76. The molecule has 0 amide bonds. The van der Waals surface area contributed by atoms with Crippen LogP contribution in [-0.4, -0.2) is 18.5 Å². The molecule has 3 heteroatoms. The van der Waals surface area contributed by atoms with Crippen molar-refractivity contribution in [2.24, 2.45) is 0 Å². The van der Waals surface area contributed by atoms with E-state index in [2.05, 4.69) is 0 Å². The minimum absolute atomic E-state index is 0.0264. The lowest BCUT2D eigenvalue weighted by molar-refractivity contribution is -0.141. The molecule has 0 saturated heterocycles. The number of hydrogen-bond donors (Lipinski definition) is 0. The molecule has 1 rings (SSSR count). The number of esters is 1. The zero-order valence-corrected chi connectivity index (χ0v) is 8.53. The Kier molecular flexibility index (Phi) is 4.32. The molecule has 0 unspecified atom stereocenters. The van der Waals surface area contributed by atoms with Gasteiger partial charge in [0.2, 0.25) is 0 Å². The molecule has 0 saturated carbocycles. The molecule has 1 aromatic rings. The predicted molar refractivity (Wildman–Crippen MR) is 56.8 cm³/mol. The molecule has 1 aromatic carbocycles. The summed E-state index contributed by atoms with van der Waals surface area (Å²) in [5.41, 5.74) is 1.04. The standard InChI is InChI=1S/C12H12O3/c1-2-15-12(14)8-11(9-13)10-6-4-3-5-7-10/h3-7H,2,8H2,1H3. The Hall–Kier alpha value is -1.86. The van der Waals surface area contributed by atoms with Gasteiger partial charge < -0.3 is 4.74 Å². The first-order valence-electron chi connectivity index (χ1n) is 4.73. The lowest BCUT2D eigenvalue weighted by Gasteiger charge is -2.03. The largest absolute Gasteiger partial charge is 0.466 e. The molecular formula is C12H12O3. The van der Waals surface area contributed by atoms with Gasteiger partial charge in [-0.1, -0.05) is 30.3 Å². The molecular weight excluding hydrogens is 192 g/mol. The van der Waals surface area contributed by atoms with Gasteiger partial charge in [0.15, 0.2) is 0 Å². The Balaban J connectivity index is 2.75. The van der Waals surface area contributed by atoms with Crippen molar-refractivity contribution in [2.45, 2.75) is 13.3 Å². The van der Waals surface area contributed by atoms with Gasteiger partial charge in [0.1, 0.15) is 5.94 Å². The highest BCUT2D eigenvalue weighted by Gasteiger charge is 2.09. The van der Waals surface area contributed by atoms with Gasteiger partial charge in [-0.15, -0.1) is 0 Å². The van der Waals surface area contributed by atoms with Crippen molar-refractivity contribution in [3.05, 3.63) is 35.9 Å². The highest BCUT2D eigenvalue weighted by Crippen LogP contribution is 2.14. The molecule has 0 aliphatic carbocycles. The summed E-state index contributed by atoms with van der Waals surface area (Å²) >= 11 is 0. The van der Waals surface area contributed by atoms with Gasteiger partial charge in [-0.3, -0.25) is 4.79 Å². The minimum atomic E-state index is -0.403. The van der Waals surface area contributed by atoms with Gasteiger partial charge in [-0.2, -0.15) is 0 Å². The molecule has 0 aliphatic rings. The molecule has 0 fully saturated rings. The predicted octanol–water partition coefficient (Wildman–Crippen LogP) is 1.85. The summed E-state index contributed by atoms with van der Waals surface area (Å²) in [5, 5.41) is 0. The summed E-state index contributed by atoms with van der Waals surface area (Å²) in [7, 11) is 0. The fourth-order valence-corrected chi connectivity index (χ4v) is 1.19. The van der Waals surface area contributed by atoms with E-state index in [4.69, 9.17) is 4.74 Å². The summed E-state index contributed by atoms with van der Waals surface area (Å²) in [6.07, 6.45) is -0.0264. The van der Waals surface area contributed by atoms with Crippen LogP contribution in [0.25, 0.3) is 5.57 Å². The monoisotopic (exact) mass is 204 g/mol. The fourth-order valence-electron chi connectivity index (χ4n) is 1.19. The summed E-state index contributed by atoms with van der Waals surface area (Å²) in [4.78, 5) is 21.8. The Morgan fingerprint density at radius 3 is 2.53 bits per heavy atom. The third-order valence-corrected chi connectivity index (χ3v) is 1.87. The van der Waals surface area contributed by atoms with E-state index in [1.54, 1.807) is 37.1 Å². The first-order valence-corrected chi connectivity index (χ1v) is 4.73. The van der Waals surface area contributed by atoms with Crippen molar-refractivity contribution in [3.8, 4) is 0 Å². The van der Waals surface area contributed by atoms with Crippen molar-refractivity contribution in [1.82, 2.24) is 0 Å². The number of ether oxygens (including phenoxy) is 1. The van der Waals surface area contributed by atoms with E-state index in [1.807, 2.05) is 6.07 Å². The number of hydrogen-bond acceptors (Lipinski definition) is 3. The number of benzene rings is 1. The lowest BCUT2D eigenvalue weighted by atomic mass is 10.1. The van der Waals surface area contributed by atoms with Gasteiger partial charge in [-0.25, -0.2) is 4.79 Å². The van der Waals surface area contributed by atoms with E-state index in [-0.39, 0.29) is 6.42 Å². The minimum Gasteiger partial charge on any atom is -0.466 e.